The van der Waals surface area contributed by atoms with Crippen LogP contribution in [0.1, 0.15) is 5.56 Å². The Balaban J connectivity index is 1.42. The Morgan fingerprint density at radius 1 is 1.07 bits per heavy atom. The summed E-state index contributed by atoms with van der Waals surface area (Å²) in [5.41, 5.74) is 2.43. The van der Waals surface area contributed by atoms with Crippen molar-refractivity contribution < 1.29 is 14.7 Å². The lowest BCUT2D eigenvalue weighted by Gasteiger charge is -2.34. The van der Waals surface area contributed by atoms with Gasteiger partial charge in [-0.25, -0.2) is 0 Å². The van der Waals surface area contributed by atoms with Crippen LogP contribution < -0.4 is 15.5 Å². The summed E-state index contributed by atoms with van der Waals surface area (Å²) in [6.45, 7) is 3.97. The molecule has 0 radical (unpaired) electrons. The minimum absolute atomic E-state index is 0.213. The van der Waals surface area contributed by atoms with Crippen molar-refractivity contribution in [2.24, 2.45) is 0 Å². The number of hydrogen-bond acceptors (Lipinski definition) is 5. The zero-order valence-electron chi connectivity index (χ0n) is 17.0. The monoisotopic (exact) mass is 406 g/mol. The number of carbonyl (C=O) groups excluding carboxylic acids is 2. The average molecular weight is 406 g/mol. The number of benzene rings is 2. The third-order valence-corrected chi connectivity index (χ3v) is 5.62. The van der Waals surface area contributed by atoms with E-state index in [-0.39, 0.29) is 11.3 Å². The molecule has 2 aliphatic heterocycles. The maximum atomic E-state index is 12.7. The summed E-state index contributed by atoms with van der Waals surface area (Å²) in [4.78, 5) is 29.6. The van der Waals surface area contributed by atoms with Gasteiger partial charge >= 0.3 is 0 Å². The van der Waals surface area contributed by atoms with Gasteiger partial charge in [0.1, 0.15) is 11.3 Å². The second-order valence-electron chi connectivity index (χ2n) is 7.77. The number of anilines is 2. The van der Waals surface area contributed by atoms with Crippen LogP contribution in [0.2, 0.25) is 0 Å². The van der Waals surface area contributed by atoms with Gasteiger partial charge < -0.3 is 25.5 Å². The van der Waals surface area contributed by atoms with Crippen LogP contribution in [0.3, 0.4) is 0 Å². The molecule has 30 heavy (non-hydrogen) atoms. The number of hydrogen-bond donors (Lipinski definition) is 3. The highest BCUT2D eigenvalue weighted by atomic mass is 16.3. The fraction of sp³-hybridized carbons (Fsp3) is 0.304. The van der Waals surface area contributed by atoms with E-state index < -0.39 is 17.9 Å². The molecule has 0 aliphatic carbocycles. The largest absolute Gasteiger partial charge is 0.509 e. The van der Waals surface area contributed by atoms with E-state index in [4.69, 9.17) is 0 Å². The standard InChI is InChI=1S/C23H26N4O3/c1-26-11-13-27(14-12-26)18-9-7-17(8-10-18)24-22(29)20-21(28)19(25-23(20)30)15-16-5-3-2-4-6-16/h2-10,19,28H,11-15H2,1H3,(H,24,29)(H,25,30). The first-order chi connectivity index (χ1) is 14.5. The molecule has 3 N–H and O–H groups in total. The lowest BCUT2D eigenvalue weighted by Crippen LogP contribution is -2.44. The first-order valence-corrected chi connectivity index (χ1v) is 10.1. The Labute approximate surface area is 176 Å². The van der Waals surface area contributed by atoms with Crippen LogP contribution in [0.15, 0.2) is 65.9 Å². The quantitative estimate of drug-likeness (QED) is 0.661. The minimum atomic E-state index is -0.604. The molecule has 2 amide bonds. The van der Waals surface area contributed by atoms with Gasteiger partial charge in [-0.3, -0.25) is 9.59 Å². The van der Waals surface area contributed by atoms with Crippen molar-refractivity contribution in [2.45, 2.75) is 12.5 Å². The molecule has 1 atom stereocenters. The molecule has 156 valence electrons. The summed E-state index contributed by atoms with van der Waals surface area (Å²) in [6.07, 6.45) is 0.426. The third-order valence-electron chi connectivity index (χ3n) is 5.62. The Bertz CT molecular complexity index is 948. The summed E-state index contributed by atoms with van der Waals surface area (Å²) in [5.74, 6) is -1.37. The molecule has 0 aromatic heterocycles. The number of aliphatic hydroxyl groups excluding tert-OH is 1. The summed E-state index contributed by atoms with van der Waals surface area (Å²) in [5, 5.41) is 15.9. The minimum Gasteiger partial charge on any atom is -0.509 e. The lowest BCUT2D eigenvalue weighted by molar-refractivity contribution is -0.120. The number of carbonyl (C=O) groups is 2. The number of aliphatic hydroxyl groups is 1. The van der Waals surface area contributed by atoms with Gasteiger partial charge in [0.25, 0.3) is 11.8 Å². The van der Waals surface area contributed by atoms with Crippen LogP contribution in [0.25, 0.3) is 0 Å². The van der Waals surface area contributed by atoms with Gasteiger partial charge in [-0.05, 0) is 43.3 Å². The van der Waals surface area contributed by atoms with Crippen LogP contribution in [0.5, 0.6) is 0 Å². The molecule has 2 heterocycles. The normalized spacial score (nSPS) is 19.7. The van der Waals surface area contributed by atoms with Gasteiger partial charge in [0.05, 0.1) is 6.04 Å². The van der Waals surface area contributed by atoms with E-state index in [1.54, 1.807) is 0 Å². The van der Waals surface area contributed by atoms with Gasteiger partial charge in [-0.15, -0.1) is 0 Å². The fourth-order valence-corrected chi connectivity index (χ4v) is 3.82. The molecule has 2 aliphatic rings. The van der Waals surface area contributed by atoms with E-state index in [0.717, 1.165) is 37.4 Å². The third kappa shape index (κ3) is 4.31. The Morgan fingerprint density at radius 2 is 1.73 bits per heavy atom. The summed E-state index contributed by atoms with van der Waals surface area (Å²) in [7, 11) is 2.11. The number of amides is 2. The van der Waals surface area contributed by atoms with E-state index >= 15 is 0 Å². The van der Waals surface area contributed by atoms with E-state index in [1.807, 2.05) is 54.6 Å². The highest BCUT2D eigenvalue weighted by Gasteiger charge is 2.36. The average Bonchev–Trinajstić information content (AvgIpc) is 3.03. The summed E-state index contributed by atoms with van der Waals surface area (Å²) in [6, 6.07) is 16.5. The van der Waals surface area contributed by atoms with Crippen molar-refractivity contribution >= 4 is 23.2 Å². The van der Waals surface area contributed by atoms with E-state index in [0.29, 0.717) is 12.1 Å². The zero-order valence-corrected chi connectivity index (χ0v) is 17.0. The number of piperazine rings is 1. The zero-order chi connectivity index (χ0) is 21.1. The first kappa shape index (κ1) is 20.0. The molecule has 0 saturated carbocycles. The molecule has 0 spiro atoms. The fourth-order valence-electron chi connectivity index (χ4n) is 3.82. The maximum Gasteiger partial charge on any atom is 0.264 e. The summed E-state index contributed by atoms with van der Waals surface area (Å²) < 4.78 is 0. The van der Waals surface area contributed by atoms with Crippen LogP contribution >= 0.6 is 0 Å². The highest BCUT2D eigenvalue weighted by Crippen LogP contribution is 2.22. The van der Waals surface area contributed by atoms with Gasteiger partial charge in [0, 0.05) is 37.6 Å². The Kier molecular flexibility index (Phi) is 5.72. The second-order valence-corrected chi connectivity index (χ2v) is 7.77. The van der Waals surface area contributed by atoms with Gasteiger partial charge in [-0.1, -0.05) is 30.3 Å². The maximum absolute atomic E-state index is 12.7. The predicted octanol–water partition coefficient (Wildman–Crippen LogP) is 1.93. The number of nitrogens with zero attached hydrogens (tertiary/aromatic N) is 2. The molecule has 0 bridgehead atoms. The number of rotatable bonds is 5. The molecule has 4 rings (SSSR count). The molecule has 2 aromatic carbocycles. The van der Waals surface area contributed by atoms with Crippen molar-refractivity contribution in [1.29, 1.82) is 0 Å². The van der Waals surface area contributed by atoms with Crippen LogP contribution in [0.4, 0.5) is 11.4 Å². The van der Waals surface area contributed by atoms with Gasteiger partial charge in [-0.2, -0.15) is 0 Å². The smallest absolute Gasteiger partial charge is 0.264 e. The lowest BCUT2D eigenvalue weighted by atomic mass is 10.0. The van der Waals surface area contributed by atoms with Gasteiger partial charge in [0.15, 0.2) is 0 Å². The molecule has 2 aromatic rings. The second kappa shape index (κ2) is 8.59. The van der Waals surface area contributed by atoms with E-state index in [1.165, 1.54) is 0 Å². The molecular weight excluding hydrogens is 380 g/mol. The van der Waals surface area contributed by atoms with Crippen molar-refractivity contribution in [2.75, 3.05) is 43.4 Å². The first-order valence-electron chi connectivity index (χ1n) is 10.1. The van der Waals surface area contributed by atoms with Crippen molar-refractivity contribution in [3.05, 3.63) is 71.5 Å². The Morgan fingerprint density at radius 3 is 2.40 bits per heavy atom. The van der Waals surface area contributed by atoms with Crippen LogP contribution in [0, 0.1) is 0 Å². The van der Waals surface area contributed by atoms with Crippen molar-refractivity contribution in [1.82, 2.24) is 10.2 Å². The van der Waals surface area contributed by atoms with Crippen molar-refractivity contribution in [3.63, 3.8) is 0 Å². The highest BCUT2D eigenvalue weighted by molar-refractivity contribution is 6.24. The molecule has 1 unspecified atom stereocenters. The number of nitrogens with one attached hydrogen (secondary N) is 2. The SMILES string of the molecule is CN1CCN(c2ccc(NC(=O)C3=C(O)C(Cc4ccccc4)NC3=O)cc2)CC1. The Hall–Kier alpha value is -3.32. The van der Waals surface area contributed by atoms with Crippen LogP contribution in [-0.4, -0.2) is 61.1 Å². The van der Waals surface area contributed by atoms with E-state index in [2.05, 4.69) is 27.5 Å². The number of likely N-dealkylation sites (N-methyl/N-ethyl adjacent to an activating group) is 1. The molecule has 1 fully saturated rings. The molecule has 7 heteroatoms. The van der Waals surface area contributed by atoms with Crippen LogP contribution in [-0.2, 0) is 16.0 Å². The molecule has 1 saturated heterocycles. The topological polar surface area (TPSA) is 84.9 Å². The van der Waals surface area contributed by atoms with Crippen molar-refractivity contribution in [3.8, 4) is 0 Å². The molecule has 7 nitrogen and oxygen atoms in total. The predicted molar refractivity (Wildman–Crippen MR) is 117 cm³/mol. The molecular formula is C23H26N4O3. The van der Waals surface area contributed by atoms with E-state index in [9.17, 15) is 14.7 Å². The van der Waals surface area contributed by atoms with Gasteiger partial charge in [0.2, 0.25) is 0 Å². The summed E-state index contributed by atoms with van der Waals surface area (Å²) >= 11 is 0.